The Morgan fingerprint density at radius 1 is 1.14 bits per heavy atom. The van der Waals surface area contributed by atoms with E-state index in [4.69, 9.17) is 11.6 Å². The Morgan fingerprint density at radius 3 is 2.59 bits per heavy atom. The van der Waals surface area contributed by atoms with Gasteiger partial charge in [-0.3, -0.25) is 9.98 Å². The van der Waals surface area contributed by atoms with Crippen molar-refractivity contribution in [2.75, 3.05) is 13.6 Å². The summed E-state index contributed by atoms with van der Waals surface area (Å²) < 4.78 is 0. The smallest absolute Gasteiger partial charge is 0.191 e. The van der Waals surface area contributed by atoms with Crippen LogP contribution in [0.15, 0.2) is 53.7 Å². The highest BCUT2D eigenvalue weighted by Gasteiger charge is 2.01. The van der Waals surface area contributed by atoms with Gasteiger partial charge in [-0.2, -0.15) is 0 Å². The molecule has 0 radical (unpaired) electrons. The number of benzene rings is 1. The summed E-state index contributed by atoms with van der Waals surface area (Å²) in [5, 5.41) is 7.27. The van der Waals surface area contributed by atoms with Crippen molar-refractivity contribution in [3.8, 4) is 0 Å². The second-order valence-electron chi connectivity index (χ2n) is 4.52. The molecule has 6 heteroatoms. The normalized spacial score (nSPS) is 10.7. The summed E-state index contributed by atoms with van der Waals surface area (Å²) in [7, 11) is 1.75. The Hall–Kier alpha value is -1.34. The molecule has 0 aliphatic rings. The van der Waals surface area contributed by atoms with E-state index in [-0.39, 0.29) is 24.0 Å². The Kier molecular flexibility index (Phi) is 8.84. The van der Waals surface area contributed by atoms with Gasteiger partial charge in [-0.25, -0.2) is 0 Å². The highest BCUT2D eigenvalue weighted by molar-refractivity contribution is 14.0. The molecule has 2 aromatic rings. The van der Waals surface area contributed by atoms with Gasteiger partial charge in [0.1, 0.15) is 0 Å². The van der Waals surface area contributed by atoms with Crippen LogP contribution in [-0.2, 0) is 13.0 Å². The van der Waals surface area contributed by atoms with E-state index >= 15 is 0 Å². The number of guanidine groups is 1. The molecule has 0 aliphatic carbocycles. The SMILES string of the molecule is CN=C(NCCc1ccccn1)NCc1ccccc1Cl.I. The highest BCUT2D eigenvalue weighted by Crippen LogP contribution is 2.14. The monoisotopic (exact) mass is 430 g/mol. The third kappa shape index (κ3) is 6.19. The van der Waals surface area contributed by atoms with Crippen LogP contribution in [0.25, 0.3) is 0 Å². The fourth-order valence-corrected chi connectivity index (χ4v) is 2.10. The largest absolute Gasteiger partial charge is 0.356 e. The fourth-order valence-electron chi connectivity index (χ4n) is 1.90. The topological polar surface area (TPSA) is 49.3 Å². The molecule has 1 aromatic carbocycles. The summed E-state index contributed by atoms with van der Waals surface area (Å²) in [4.78, 5) is 8.48. The van der Waals surface area contributed by atoms with E-state index in [2.05, 4.69) is 20.6 Å². The quantitative estimate of drug-likeness (QED) is 0.435. The Morgan fingerprint density at radius 2 is 1.91 bits per heavy atom. The standard InChI is InChI=1S/C16H19ClN4.HI/c1-18-16(20-11-9-14-7-4-5-10-19-14)21-12-13-6-2-3-8-15(13)17;/h2-8,10H,9,11-12H2,1H3,(H2,18,20,21);1H. The van der Waals surface area contributed by atoms with E-state index in [0.717, 1.165) is 35.2 Å². The summed E-state index contributed by atoms with van der Waals surface area (Å²) in [6.45, 7) is 1.42. The lowest BCUT2D eigenvalue weighted by atomic mass is 10.2. The maximum Gasteiger partial charge on any atom is 0.191 e. The van der Waals surface area contributed by atoms with Crippen molar-refractivity contribution in [2.45, 2.75) is 13.0 Å². The number of hydrogen-bond acceptors (Lipinski definition) is 2. The first kappa shape index (κ1) is 18.7. The van der Waals surface area contributed by atoms with E-state index in [9.17, 15) is 0 Å². The van der Waals surface area contributed by atoms with Crippen molar-refractivity contribution in [2.24, 2.45) is 4.99 Å². The summed E-state index contributed by atoms with van der Waals surface area (Å²) in [5.41, 5.74) is 2.11. The van der Waals surface area contributed by atoms with Crippen molar-refractivity contribution in [1.82, 2.24) is 15.6 Å². The number of pyridine rings is 1. The van der Waals surface area contributed by atoms with Crippen LogP contribution < -0.4 is 10.6 Å². The van der Waals surface area contributed by atoms with Gasteiger partial charge < -0.3 is 10.6 Å². The minimum absolute atomic E-state index is 0. The third-order valence-corrected chi connectivity index (χ3v) is 3.40. The van der Waals surface area contributed by atoms with Crippen LogP contribution in [0.3, 0.4) is 0 Å². The molecular weight excluding hydrogens is 411 g/mol. The molecule has 2 rings (SSSR count). The molecule has 0 unspecified atom stereocenters. The van der Waals surface area contributed by atoms with E-state index in [1.54, 1.807) is 13.2 Å². The van der Waals surface area contributed by atoms with Crippen LogP contribution >= 0.6 is 35.6 Å². The van der Waals surface area contributed by atoms with E-state index < -0.39 is 0 Å². The predicted octanol–water partition coefficient (Wildman–Crippen LogP) is 3.26. The molecule has 0 bridgehead atoms. The lowest BCUT2D eigenvalue weighted by molar-refractivity contribution is 0.784. The predicted molar refractivity (Wildman–Crippen MR) is 103 cm³/mol. The van der Waals surface area contributed by atoms with Crippen molar-refractivity contribution in [1.29, 1.82) is 0 Å². The lowest BCUT2D eigenvalue weighted by Crippen LogP contribution is -2.38. The second kappa shape index (κ2) is 10.4. The highest BCUT2D eigenvalue weighted by atomic mass is 127. The zero-order chi connectivity index (χ0) is 14.9. The average Bonchev–Trinajstić information content (AvgIpc) is 2.53. The number of nitrogens with one attached hydrogen (secondary N) is 2. The average molecular weight is 431 g/mol. The summed E-state index contributed by atoms with van der Waals surface area (Å²) in [6, 6.07) is 13.7. The van der Waals surface area contributed by atoms with Gasteiger partial charge >= 0.3 is 0 Å². The maximum absolute atomic E-state index is 6.13. The summed E-state index contributed by atoms with van der Waals surface area (Å²) in [5.74, 6) is 0.755. The van der Waals surface area contributed by atoms with Crippen molar-refractivity contribution in [3.63, 3.8) is 0 Å². The molecule has 0 saturated heterocycles. The maximum atomic E-state index is 6.13. The molecule has 4 nitrogen and oxygen atoms in total. The van der Waals surface area contributed by atoms with Crippen LogP contribution in [0.5, 0.6) is 0 Å². The minimum Gasteiger partial charge on any atom is -0.356 e. The number of aliphatic imine (C=N–C) groups is 1. The van der Waals surface area contributed by atoms with Crippen molar-refractivity contribution >= 4 is 41.5 Å². The molecule has 0 saturated carbocycles. The molecule has 0 spiro atoms. The molecule has 2 N–H and O–H groups in total. The molecule has 0 atom stereocenters. The van der Waals surface area contributed by atoms with Gasteiger partial charge in [-0.05, 0) is 23.8 Å². The first-order valence-corrected chi connectivity index (χ1v) is 7.25. The van der Waals surface area contributed by atoms with Crippen LogP contribution in [0.1, 0.15) is 11.3 Å². The van der Waals surface area contributed by atoms with Gasteiger partial charge in [0.05, 0.1) is 0 Å². The Balaban J connectivity index is 0.00000242. The summed E-state index contributed by atoms with van der Waals surface area (Å²) >= 11 is 6.13. The Labute approximate surface area is 153 Å². The number of aromatic nitrogens is 1. The van der Waals surface area contributed by atoms with Gasteiger partial charge in [0.25, 0.3) is 0 Å². The van der Waals surface area contributed by atoms with Gasteiger partial charge in [0.2, 0.25) is 0 Å². The van der Waals surface area contributed by atoms with Crippen LogP contribution in [0.2, 0.25) is 5.02 Å². The number of nitrogens with zero attached hydrogens (tertiary/aromatic N) is 2. The molecule has 22 heavy (non-hydrogen) atoms. The van der Waals surface area contributed by atoms with Crippen LogP contribution in [0.4, 0.5) is 0 Å². The van der Waals surface area contributed by atoms with Gasteiger partial charge in [0, 0.05) is 43.5 Å². The molecule has 0 fully saturated rings. The molecular formula is C16H20ClIN4. The lowest BCUT2D eigenvalue weighted by Gasteiger charge is -2.12. The van der Waals surface area contributed by atoms with Crippen molar-refractivity contribution < 1.29 is 0 Å². The van der Waals surface area contributed by atoms with Crippen LogP contribution in [-0.4, -0.2) is 24.5 Å². The number of halogens is 2. The van der Waals surface area contributed by atoms with Crippen LogP contribution in [0, 0.1) is 0 Å². The molecule has 0 amide bonds. The number of hydrogen-bond donors (Lipinski definition) is 2. The first-order valence-electron chi connectivity index (χ1n) is 6.87. The third-order valence-electron chi connectivity index (χ3n) is 3.03. The fraction of sp³-hybridized carbons (Fsp3) is 0.250. The molecule has 1 heterocycles. The van der Waals surface area contributed by atoms with Gasteiger partial charge in [-0.1, -0.05) is 35.9 Å². The zero-order valence-electron chi connectivity index (χ0n) is 12.4. The van der Waals surface area contributed by atoms with E-state index in [0.29, 0.717) is 6.54 Å². The molecule has 0 aliphatic heterocycles. The molecule has 118 valence electrons. The van der Waals surface area contributed by atoms with Crippen molar-refractivity contribution in [3.05, 3.63) is 64.9 Å². The van der Waals surface area contributed by atoms with E-state index in [1.807, 2.05) is 42.5 Å². The van der Waals surface area contributed by atoms with E-state index in [1.165, 1.54) is 0 Å². The Bertz CT molecular complexity index is 590. The van der Waals surface area contributed by atoms with Gasteiger partial charge in [0.15, 0.2) is 5.96 Å². The summed E-state index contributed by atoms with van der Waals surface area (Å²) in [6.07, 6.45) is 2.66. The first-order chi connectivity index (χ1) is 10.3. The second-order valence-corrected chi connectivity index (χ2v) is 4.92. The zero-order valence-corrected chi connectivity index (χ0v) is 15.5. The molecule has 1 aromatic heterocycles. The minimum atomic E-state index is 0. The number of rotatable bonds is 5. The van der Waals surface area contributed by atoms with Gasteiger partial charge in [-0.15, -0.1) is 24.0 Å².